The Bertz CT molecular complexity index is 893. The van der Waals surface area contributed by atoms with Crippen molar-refractivity contribution < 1.29 is 13.5 Å². The summed E-state index contributed by atoms with van der Waals surface area (Å²) in [7, 11) is -3.73. The number of hydrogen-bond donors (Lipinski definition) is 2. The molecule has 1 atom stereocenters. The van der Waals surface area contributed by atoms with E-state index in [2.05, 4.69) is 23.5 Å². The van der Waals surface area contributed by atoms with Gasteiger partial charge in [0, 0.05) is 12.0 Å². The van der Waals surface area contributed by atoms with Gasteiger partial charge in [0.05, 0.1) is 10.6 Å². The van der Waals surface area contributed by atoms with Crippen LogP contribution >= 0.6 is 0 Å². The second-order valence-electron chi connectivity index (χ2n) is 6.54. The molecule has 0 spiro atoms. The van der Waals surface area contributed by atoms with Crippen molar-refractivity contribution >= 4 is 15.7 Å². The molecule has 0 saturated heterocycles. The SMILES string of the molecule is CCCCCCC#CC(O)c1ccccc1NS(=O)(=O)c1ccc(C)cc1. The Labute approximate surface area is 162 Å². The zero-order chi connectivity index (χ0) is 19.7. The van der Waals surface area contributed by atoms with Crippen molar-refractivity contribution in [3.8, 4) is 11.8 Å². The Morgan fingerprint density at radius 3 is 2.44 bits per heavy atom. The molecule has 0 heterocycles. The topological polar surface area (TPSA) is 66.4 Å². The lowest BCUT2D eigenvalue weighted by atomic mass is 10.1. The van der Waals surface area contributed by atoms with Gasteiger partial charge in [0.15, 0.2) is 0 Å². The fourth-order valence-electron chi connectivity index (χ4n) is 2.64. The van der Waals surface area contributed by atoms with Crippen molar-refractivity contribution in [2.45, 2.75) is 57.0 Å². The van der Waals surface area contributed by atoms with E-state index in [1.54, 1.807) is 48.5 Å². The van der Waals surface area contributed by atoms with E-state index >= 15 is 0 Å². The van der Waals surface area contributed by atoms with E-state index in [1.807, 2.05) is 6.92 Å². The monoisotopic (exact) mass is 385 g/mol. The molecule has 2 aromatic rings. The fraction of sp³-hybridized carbons (Fsp3) is 0.364. The van der Waals surface area contributed by atoms with Crippen LogP contribution in [-0.4, -0.2) is 13.5 Å². The van der Waals surface area contributed by atoms with Crippen LogP contribution in [0.5, 0.6) is 0 Å². The summed E-state index contributed by atoms with van der Waals surface area (Å²) in [5.41, 5.74) is 1.78. The maximum absolute atomic E-state index is 12.6. The van der Waals surface area contributed by atoms with E-state index < -0.39 is 16.1 Å². The van der Waals surface area contributed by atoms with Gasteiger partial charge in [-0.15, -0.1) is 5.92 Å². The van der Waals surface area contributed by atoms with Crippen molar-refractivity contribution in [1.29, 1.82) is 0 Å². The summed E-state index contributed by atoms with van der Waals surface area (Å²) >= 11 is 0. The van der Waals surface area contributed by atoms with Gasteiger partial charge in [-0.05, 0) is 31.5 Å². The number of benzene rings is 2. The summed E-state index contributed by atoms with van der Waals surface area (Å²) in [5, 5.41) is 10.4. The summed E-state index contributed by atoms with van der Waals surface area (Å²) in [5.74, 6) is 5.81. The number of hydrogen-bond acceptors (Lipinski definition) is 3. The van der Waals surface area contributed by atoms with Crippen LogP contribution in [0.3, 0.4) is 0 Å². The number of aryl methyl sites for hydroxylation is 1. The first-order valence-electron chi connectivity index (χ1n) is 9.29. The Kier molecular flexibility index (Phi) is 7.90. The molecule has 0 saturated carbocycles. The molecule has 0 aliphatic carbocycles. The lowest BCUT2D eigenvalue weighted by Crippen LogP contribution is -2.15. The van der Waals surface area contributed by atoms with Crippen LogP contribution in [0.15, 0.2) is 53.4 Å². The average molecular weight is 386 g/mol. The van der Waals surface area contributed by atoms with Crippen LogP contribution in [0.25, 0.3) is 0 Å². The molecule has 0 aromatic heterocycles. The summed E-state index contributed by atoms with van der Waals surface area (Å²) < 4.78 is 27.8. The predicted molar refractivity (Wildman–Crippen MR) is 110 cm³/mol. The van der Waals surface area contributed by atoms with Crippen LogP contribution in [-0.2, 0) is 10.0 Å². The highest BCUT2D eigenvalue weighted by Gasteiger charge is 2.17. The average Bonchev–Trinajstić information content (AvgIpc) is 2.65. The molecule has 0 aliphatic rings. The second kappa shape index (κ2) is 10.1. The highest BCUT2D eigenvalue weighted by molar-refractivity contribution is 7.92. The summed E-state index contributed by atoms with van der Waals surface area (Å²) in [4.78, 5) is 0.180. The van der Waals surface area contributed by atoms with E-state index in [9.17, 15) is 13.5 Å². The van der Waals surface area contributed by atoms with Gasteiger partial charge in [-0.2, -0.15) is 0 Å². The molecule has 2 rings (SSSR count). The molecule has 2 N–H and O–H groups in total. The molecule has 2 aromatic carbocycles. The van der Waals surface area contributed by atoms with E-state index in [-0.39, 0.29) is 4.90 Å². The van der Waals surface area contributed by atoms with Gasteiger partial charge in [0.1, 0.15) is 6.10 Å². The summed E-state index contributed by atoms with van der Waals surface area (Å²) in [6.07, 6.45) is 4.20. The minimum absolute atomic E-state index is 0.180. The largest absolute Gasteiger partial charge is 0.376 e. The standard InChI is InChI=1S/C22H27NO3S/c1-3-4-5-6-7-8-13-22(24)20-11-9-10-12-21(20)23-27(25,26)19-16-14-18(2)15-17-19/h9-12,14-17,22-24H,3-7H2,1-2H3. The zero-order valence-corrected chi connectivity index (χ0v) is 16.7. The molecule has 0 radical (unpaired) electrons. The Balaban J connectivity index is 2.13. The summed E-state index contributed by atoms with van der Waals surface area (Å²) in [6, 6.07) is 13.4. The first-order chi connectivity index (χ1) is 12.9. The van der Waals surface area contributed by atoms with E-state index in [4.69, 9.17) is 0 Å². The highest BCUT2D eigenvalue weighted by Crippen LogP contribution is 2.25. The predicted octanol–water partition coefficient (Wildman–Crippen LogP) is 4.80. The minimum Gasteiger partial charge on any atom is -0.376 e. The third kappa shape index (κ3) is 6.42. The molecular formula is C22H27NO3S. The molecule has 1 unspecified atom stereocenters. The molecule has 27 heavy (non-hydrogen) atoms. The first-order valence-corrected chi connectivity index (χ1v) is 10.8. The van der Waals surface area contributed by atoms with Crippen molar-refractivity contribution in [2.75, 3.05) is 4.72 Å². The number of unbranched alkanes of at least 4 members (excludes halogenated alkanes) is 4. The highest BCUT2D eigenvalue weighted by atomic mass is 32.2. The molecule has 4 nitrogen and oxygen atoms in total. The Morgan fingerprint density at radius 1 is 1.04 bits per heavy atom. The number of aliphatic hydroxyl groups is 1. The van der Waals surface area contributed by atoms with Crippen LogP contribution < -0.4 is 4.72 Å². The Morgan fingerprint density at radius 2 is 1.74 bits per heavy atom. The number of sulfonamides is 1. The van der Waals surface area contributed by atoms with Crippen molar-refractivity contribution in [2.24, 2.45) is 0 Å². The zero-order valence-electron chi connectivity index (χ0n) is 15.9. The van der Waals surface area contributed by atoms with Crippen LogP contribution in [0.1, 0.15) is 56.3 Å². The van der Waals surface area contributed by atoms with Crippen LogP contribution in [0.4, 0.5) is 5.69 Å². The van der Waals surface area contributed by atoms with Gasteiger partial charge in [-0.25, -0.2) is 8.42 Å². The fourth-order valence-corrected chi connectivity index (χ4v) is 3.72. The quantitative estimate of drug-likeness (QED) is 0.506. The number of nitrogens with one attached hydrogen (secondary N) is 1. The molecular weight excluding hydrogens is 358 g/mol. The van der Waals surface area contributed by atoms with Gasteiger partial charge >= 0.3 is 0 Å². The third-order valence-corrected chi connectivity index (χ3v) is 5.61. The minimum atomic E-state index is -3.73. The van der Waals surface area contributed by atoms with Crippen molar-refractivity contribution in [3.63, 3.8) is 0 Å². The van der Waals surface area contributed by atoms with Gasteiger partial charge < -0.3 is 5.11 Å². The first kappa shape index (κ1) is 21.0. The molecule has 0 bridgehead atoms. The van der Waals surface area contributed by atoms with Gasteiger partial charge in [-0.3, -0.25) is 4.72 Å². The Hall–Kier alpha value is -2.29. The lowest BCUT2D eigenvalue weighted by molar-refractivity contribution is 0.239. The maximum Gasteiger partial charge on any atom is 0.261 e. The van der Waals surface area contributed by atoms with Crippen LogP contribution in [0, 0.1) is 18.8 Å². The van der Waals surface area contributed by atoms with Gasteiger partial charge in [0.2, 0.25) is 0 Å². The normalized spacial score (nSPS) is 12.1. The van der Waals surface area contributed by atoms with Gasteiger partial charge in [-0.1, -0.05) is 68.0 Å². The maximum atomic E-state index is 12.6. The third-order valence-electron chi connectivity index (χ3n) is 4.23. The molecule has 0 amide bonds. The summed E-state index contributed by atoms with van der Waals surface area (Å²) in [6.45, 7) is 4.06. The second-order valence-corrected chi connectivity index (χ2v) is 8.22. The lowest BCUT2D eigenvalue weighted by Gasteiger charge is -2.14. The van der Waals surface area contributed by atoms with Crippen LogP contribution in [0.2, 0.25) is 0 Å². The molecule has 144 valence electrons. The number of anilines is 1. The van der Waals surface area contributed by atoms with E-state index in [1.165, 1.54) is 12.8 Å². The van der Waals surface area contributed by atoms with Crippen molar-refractivity contribution in [1.82, 2.24) is 0 Å². The van der Waals surface area contributed by atoms with E-state index in [0.29, 0.717) is 11.3 Å². The van der Waals surface area contributed by atoms with Gasteiger partial charge in [0.25, 0.3) is 10.0 Å². The molecule has 0 aliphatic heterocycles. The number of rotatable bonds is 8. The van der Waals surface area contributed by atoms with Crippen molar-refractivity contribution in [3.05, 3.63) is 59.7 Å². The number of aliphatic hydroxyl groups excluding tert-OH is 1. The molecule has 5 heteroatoms. The molecule has 0 fully saturated rings. The smallest absolute Gasteiger partial charge is 0.261 e. The number of para-hydroxylation sites is 1. The van der Waals surface area contributed by atoms with E-state index in [0.717, 1.165) is 24.8 Å².